The maximum absolute atomic E-state index is 3.91. The van der Waals surface area contributed by atoms with Gasteiger partial charge >= 0.3 is 0 Å². The lowest BCUT2D eigenvalue weighted by atomic mass is 9.84. The Hall–Kier alpha value is -0.0800. The molecule has 1 N–H and O–H groups in total. The molecule has 1 aliphatic rings. The van der Waals surface area contributed by atoms with Crippen LogP contribution in [0.4, 0.5) is 0 Å². The van der Waals surface area contributed by atoms with Gasteiger partial charge in [0.2, 0.25) is 0 Å². The molecule has 0 radical (unpaired) electrons. The van der Waals surface area contributed by atoms with Gasteiger partial charge in [0, 0.05) is 11.6 Å². The number of likely N-dealkylation sites (N-methyl/N-ethyl adjacent to an activating group) is 1. The van der Waals surface area contributed by atoms with Crippen molar-refractivity contribution in [3.8, 4) is 0 Å². The average molecular weight is 212 g/mol. The summed E-state index contributed by atoms with van der Waals surface area (Å²) in [7, 11) is 2.28. The molecule has 1 fully saturated rings. The molecular weight excluding hydrogens is 184 g/mol. The molecule has 2 nitrogen and oxygen atoms in total. The van der Waals surface area contributed by atoms with E-state index < -0.39 is 0 Å². The Morgan fingerprint density at radius 3 is 1.87 bits per heavy atom. The van der Waals surface area contributed by atoms with Crippen molar-refractivity contribution in [3.05, 3.63) is 0 Å². The minimum Gasteiger partial charge on any atom is -0.292 e. The van der Waals surface area contributed by atoms with E-state index in [1.54, 1.807) is 0 Å². The summed E-state index contributed by atoms with van der Waals surface area (Å²) >= 11 is 0. The zero-order chi connectivity index (χ0) is 11.7. The maximum atomic E-state index is 3.91. The van der Waals surface area contributed by atoms with Gasteiger partial charge in [0.25, 0.3) is 0 Å². The zero-order valence-electron chi connectivity index (χ0n) is 11.4. The molecular formula is C13H28N2. The molecule has 1 rings (SSSR count). The summed E-state index contributed by atoms with van der Waals surface area (Å²) in [5.41, 5.74) is 0.515. The number of nitrogens with zero attached hydrogens (tertiary/aromatic N) is 1. The lowest BCUT2D eigenvalue weighted by Crippen LogP contribution is -2.51. The molecule has 0 amide bonds. The van der Waals surface area contributed by atoms with E-state index in [1.807, 2.05) is 0 Å². The largest absolute Gasteiger partial charge is 0.292 e. The van der Waals surface area contributed by atoms with Crippen molar-refractivity contribution in [1.82, 2.24) is 10.2 Å². The van der Waals surface area contributed by atoms with E-state index >= 15 is 0 Å². The Labute approximate surface area is 95.4 Å². The normalized spacial score (nSPS) is 36.0. The third-order valence-corrected chi connectivity index (χ3v) is 4.74. The highest BCUT2D eigenvalue weighted by molar-refractivity contribution is 5.09. The summed E-state index contributed by atoms with van der Waals surface area (Å²) in [5.74, 6) is 0. The van der Waals surface area contributed by atoms with Crippen LogP contribution in [0.25, 0.3) is 0 Å². The Kier molecular flexibility index (Phi) is 3.83. The van der Waals surface area contributed by atoms with Gasteiger partial charge in [-0.1, -0.05) is 27.7 Å². The van der Waals surface area contributed by atoms with Crippen LogP contribution in [0.5, 0.6) is 0 Å². The van der Waals surface area contributed by atoms with E-state index in [-0.39, 0.29) is 5.66 Å². The summed E-state index contributed by atoms with van der Waals surface area (Å²) in [4.78, 5) is 2.56. The summed E-state index contributed by atoms with van der Waals surface area (Å²) < 4.78 is 0. The van der Waals surface area contributed by atoms with Gasteiger partial charge in [0.1, 0.15) is 0 Å². The minimum atomic E-state index is 0.187. The van der Waals surface area contributed by atoms with Crippen LogP contribution in [0.1, 0.15) is 60.3 Å². The van der Waals surface area contributed by atoms with Gasteiger partial charge in [-0.25, -0.2) is 0 Å². The number of nitrogens with one attached hydrogen (secondary N) is 1. The highest BCUT2D eigenvalue weighted by Gasteiger charge is 2.51. The van der Waals surface area contributed by atoms with E-state index in [1.165, 1.54) is 25.7 Å². The summed E-state index contributed by atoms with van der Waals surface area (Å²) in [5, 5.41) is 3.91. The molecule has 15 heavy (non-hydrogen) atoms. The zero-order valence-corrected chi connectivity index (χ0v) is 11.4. The van der Waals surface area contributed by atoms with Crippen molar-refractivity contribution in [3.63, 3.8) is 0 Å². The van der Waals surface area contributed by atoms with Crippen molar-refractivity contribution in [2.45, 2.75) is 77.5 Å². The molecule has 1 saturated heterocycles. The highest BCUT2D eigenvalue weighted by atomic mass is 15.4. The van der Waals surface area contributed by atoms with Crippen molar-refractivity contribution in [2.24, 2.45) is 0 Å². The molecule has 0 saturated carbocycles. The molecule has 2 heteroatoms. The molecule has 0 aromatic rings. The van der Waals surface area contributed by atoms with Crippen LogP contribution in [-0.4, -0.2) is 29.2 Å². The fourth-order valence-electron chi connectivity index (χ4n) is 3.32. The lowest BCUT2D eigenvalue weighted by molar-refractivity contribution is 0.127. The fraction of sp³-hybridized carbons (Fsp3) is 1.00. The molecule has 90 valence electrons. The molecule has 0 spiro atoms. The van der Waals surface area contributed by atoms with Crippen molar-refractivity contribution >= 4 is 0 Å². The van der Waals surface area contributed by atoms with Crippen molar-refractivity contribution < 1.29 is 0 Å². The first-order valence-corrected chi connectivity index (χ1v) is 6.52. The number of hydrogen-bond acceptors (Lipinski definition) is 2. The monoisotopic (exact) mass is 212 g/mol. The summed E-state index contributed by atoms with van der Waals surface area (Å²) in [6.45, 7) is 11.5. The van der Waals surface area contributed by atoms with E-state index in [0.29, 0.717) is 11.6 Å². The van der Waals surface area contributed by atoms with Crippen LogP contribution >= 0.6 is 0 Å². The van der Waals surface area contributed by atoms with E-state index in [9.17, 15) is 0 Å². The van der Waals surface area contributed by atoms with Gasteiger partial charge in [-0.15, -0.1) is 0 Å². The first-order valence-electron chi connectivity index (χ1n) is 6.52. The summed E-state index contributed by atoms with van der Waals surface area (Å²) in [6, 6.07) is 0.678. The molecule has 0 aromatic heterocycles. The molecule has 0 aromatic carbocycles. The van der Waals surface area contributed by atoms with Crippen molar-refractivity contribution in [1.29, 1.82) is 0 Å². The SMILES string of the molecule is CCC1N(C)C(C)(CC)NC1(CC)CC. The van der Waals surface area contributed by atoms with E-state index in [0.717, 1.165) is 0 Å². The third-order valence-electron chi connectivity index (χ3n) is 4.74. The second-order valence-electron chi connectivity index (χ2n) is 5.15. The topological polar surface area (TPSA) is 15.3 Å². The first-order chi connectivity index (χ1) is 6.99. The van der Waals surface area contributed by atoms with Crippen LogP contribution in [0.15, 0.2) is 0 Å². The van der Waals surface area contributed by atoms with Gasteiger partial charge in [0.15, 0.2) is 0 Å². The quantitative estimate of drug-likeness (QED) is 0.770. The van der Waals surface area contributed by atoms with Gasteiger partial charge in [-0.2, -0.15) is 0 Å². The second kappa shape index (κ2) is 4.42. The molecule has 2 unspecified atom stereocenters. The Balaban J connectivity index is 3.02. The molecule has 0 bridgehead atoms. The van der Waals surface area contributed by atoms with Gasteiger partial charge in [-0.3, -0.25) is 10.2 Å². The summed E-state index contributed by atoms with van der Waals surface area (Å²) in [6.07, 6.45) is 4.85. The van der Waals surface area contributed by atoms with Gasteiger partial charge < -0.3 is 0 Å². The number of hydrogen-bond donors (Lipinski definition) is 1. The Morgan fingerprint density at radius 1 is 1.07 bits per heavy atom. The van der Waals surface area contributed by atoms with Gasteiger partial charge in [-0.05, 0) is 39.7 Å². The van der Waals surface area contributed by atoms with Crippen molar-refractivity contribution in [2.75, 3.05) is 7.05 Å². The molecule has 1 heterocycles. The standard InChI is InChI=1S/C13H28N2/c1-7-11-13(9-3,10-4)14-12(5,8-2)15(11)6/h11,14H,7-10H2,1-6H3. The second-order valence-corrected chi connectivity index (χ2v) is 5.15. The smallest absolute Gasteiger partial charge is 0.0686 e. The predicted octanol–water partition coefficient (Wildman–Crippen LogP) is 2.99. The minimum absolute atomic E-state index is 0.187. The average Bonchev–Trinajstić information content (AvgIpc) is 2.49. The first kappa shape index (κ1) is 13.0. The Bertz CT molecular complexity index is 211. The Morgan fingerprint density at radius 2 is 1.60 bits per heavy atom. The van der Waals surface area contributed by atoms with Crippen LogP contribution < -0.4 is 5.32 Å². The van der Waals surface area contributed by atoms with Gasteiger partial charge in [0.05, 0.1) is 5.66 Å². The lowest BCUT2D eigenvalue weighted by Gasteiger charge is -2.34. The van der Waals surface area contributed by atoms with E-state index in [4.69, 9.17) is 0 Å². The van der Waals surface area contributed by atoms with Crippen LogP contribution in [0, 0.1) is 0 Å². The van der Waals surface area contributed by atoms with Crippen LogP contribution in [0.2, 0.25) is 0 Å². The molecule has 0 aliphatic carbocycles. The predicted molar refractivity (Wildman–Crippen MR) is 67.0 cm³/mol. The number of rotatable bonds is 4. The third kappa shape index (κ3) is 1.83. The highest BCUT2D eigenvalue weighted by Crippen LogP contribution is 2.39. The molecule has 2 atom stereocenters. The fourth-order valence-corrected chi connectivity index (χ4v) is 3.32. The van der Waals surface area contributed by atoms with Crippen LogP contribution in [-0.2, 0) is 0 Å². The molecule has 1 aliphatic heterocycles. The van der Waals surface area contributed by atoms with E-state index in [2.05, 4.69) is 51.9 Å². The maximum Gasteiger partial charge on any atom is 0.0686 e. The van der Waals surface area contributed by atoms with Crippen LogP contribution in [0.3, 0.4) is 0 Å².